The number of alkyl halides is 3. The molecule has 1 aliphatic rings. The third kappa shape index (κ3) is 3.25. The largest absolute Gasteiger partial charge is 0.428 e. The van der Waals surface area contributed by atoms with Crippen LogP contribution in [0.25, 0.3) is 5.70 Å². The van der Waals surface area contributed by atoms with Gasteiger partial charge in [-0.1, -0.05) is 35.3 Å². The van der Waals surface area contributed by atoms with Crippen molar-refractivity contribution >= 4 is 34.8 Å². The molecular weight excluding hydrogens is 392 g/mol. The second kappa shape index (κ2) is 6.50. The molecule has 0 radical (unpaired) electrons. The van der Waals surface area contributed by atoms with E-state index in [1.54, 1.807) is 0 Å². The highest BCUT2D eigenvalue weighted by atomic mass is 35.5. The number of primary amides is 1. The molecular formula is C17H11Cl2F3N2O2. The molecule has 9 heteroatoms. The first-order chi connectivity index (χ1) is 12.1. The van der Waals surface area contributed by atoms with Crippen molar-refractivity contribution in [3.63, 3.8) is 0 Å². The molecule has 1 aliphatic heterocycles. The minimum absolute atomic E-state index is 0.0485. The van der Waals surface area contributed by atoms with Crippen LogP contribution in [-0.4, -0.2) is 12.1 Å². The summed E-state index contributed by atoms with van der Waals surface area (Å²) < 4.78 is 41.6. The van der Waals surface area contributed by atoms with Gasteiger partial charge in [0, 0.05) is 21.2 Å². The average molecular weight is 403 g/mol. The van der Waals surface area contributed by atoms with Gasteiger partial charge in [0.15, 0.2) is 0 Å². The molecule has 26 heavy (non-hydrogen) atoms. The molecule has 3 rings (SSSR count). The molecule has 1 heterocycles. The summed E-state index contributed by atoms with van der Waals surface area (Å²) in [6.45, 7) is 0. The molecule has 136 valence electrons. The topological polar surface area (TPSA) is 64.4 Å². The molecule has 1 amide bonds. The van der Waals surface area contributed by atoms with Crippen LogP contribution in [0, 0.1) is 0 Å². The first-order valence-corrected chi connectivity index (χ1v) is 7.98. The van der Waals surface area contributed by atoms with Gasteiger partial charge in [0.2, 0.25) is 11.5 Å². The summed E-state index contributed by atoms with van der Waals surface area (Å²) in [5, 5.41) is 0.0970. The maximum absolute atomic E-state index is 13.9. The van der Waals surface area contributed by atoms with Crippen LogP contribution < -0.4 is 11.2 Å². The maximum Gasteiger partial charge on any atom is 0.428 e. The Morgan fingerprint density at radius 2 is 1.65 bits per heavy atom. The van der Waals surface area contributed by atoms with E-state index in [1.165, 1.54) is 30.3 Å². The monoisotopic (exact) mass is 402 g/mol. The number of hydroxylamine groups is 1. The fraction of sp³-hybridized carbons (Fsp3) is 0.118. The summed E-state index contributed by atoms with van der Waals surface area (Å²) in [4.78, 5) is 16.1. The number of hydrogen-bond donors (Lipinski definition) is 2. The van der Waals surface area contributed by atoms with Crippen LogP contribution in [0.15, 0.2) is 48.5 Å². The number of rotatable bonds is 3. The summed E-state index contributed by atoms with van der Waals surface area (Å²) in [5.74, 6) is -0.639. The maximum atomic E-state index is 13.9. The van der Waals surface area contributed by atoms with Gasteiger partial charge in [0.25, 0.3) is 0 Å². The highest BCUT2D eigenvalue weighted by Crippen LogP contribution is 2.48. The first kappa shape index (κ1) is 18.6. The van der Waals surface area contributed by atoms with E-state index in [0.717, 1.165) is 18.2 Å². The van der Waals surface area contributed by atoms with Gasteiger partial charge in [0.05, 0.1) is 5.70 Å². The molecule has 0 saturated heterocycles. The molecule has 0 aliphatic carbocycles. The van der Waals surface area contributed by atoms with Crippen LogP contribution in [0.5, 0.6) is 0 Å². The van der Waals surface area contributed by atoms with Crippen molar-refractivity contribution in [2.75, 3.05) is 0 Å². The Hall–Kier alpha value is -2.22. The SMILES string of the molecule is NC(=O)c1ccc(C2=CC(c3cc(Cl)cc(Cl)c3)(C(F)(F)F)ON2)cc1. The quantitative estimate of drug-likeness (QED) is 0.798. The number of halogens is 5. The fourth-order valence-electron chi connectivity index (χ4n) is 2.57. The van der Waals surface area contributed by atoms with Crippen LogP contribution in [0.1, 0.15) is 21.5 Å². The van der Waals surface area contributed by atoms with Gasteiger partial charge >= 0.3 is 6.18 Å². The van der Waals surface area contributed by atoms with E-state index in [9.17, 15) is 18.0 Å². The van der Waals surface area contributed by atoms with Gasteiger partial charge in [-0.15, -0.1) is 0 Å². The van der Waals surface area contributed by atoms with E-state index >= 15 is 0 Å². The summed E-state index contributed by atoms with van der Waals surface area (Å²) in [6, 6.07) is 9.33. The van der Waals surface area contributed by atoms with Crippen molar-refractivity contribution in [2.45, 2.75) is 11.8 Å². The van der Waals surface area contributed by atoms with E-state index in [1.807, 2.05) is 0 Å². The van der Waals surface area contributed by atoms with Crippen molar-refractivity contribution in [3.8, 4) is 0 Å². The second-order valence-electron chi connectivity index (χ2n) is 5.60. The molecule has 0 spiro atoms. The third-order valence-corrected chi connectivity index (χ3v) is 4.30. The summed E-state index contributed by atoms with van der Waals surface area (Å²) in [7, 11) is 0. The standard InChI is InChI=1S/C17H11Cl2F3N2O2/c18-12-5-11(6-13(19)7-12)16(17(20,21)22)8-14(24-26-16)9-1-3-10(4-2-9)15(23)25/h1-8,24H,(H2,23,25). The van der Waals surface area contributed by atoms with Gasteiger partial charge in [-0.25, -0.2) is 0 Å². The predicted octanol–water partition coefficient (Wildman–Crippen LogP) is 4.43. The molecule has 0 fully saturated rings. The zero-order valence-corrected chi connectivity index (χ0v) is 14.4. The Balaban J connectivity index is 2.09. The van der Waals surface area contributed by atoms with Crippen LogP contribution >= 0.6 is 23.2 Å². The van der Waals surface area contributed by atoms with Gasteiger partial charge in [-0.05, 0) is 42.0 Å². The average Bonchev–Trinajstić information content (AvgIpc) is 3.00. The summed E-state index contributed by atoms with van der Waals surface area (Å²) in [5.41, 5.74) is 5.11. The molecule has 0 bridgehead atoms. The minimum atomic E-state index is -4.79. The Labute approximate surface area is 156 Å². The first-order valence-electron chi connectivity index (χ1n) is 7.23. The van der Waals surface area contributed by atoms with Crippen LogP contribution in [0.3, 0.4) is 0 Å². The molecule has 1 unspecified atom stereocenters. The van der Waals surface area contributed by atoms with Gasteiger partial charge in [-0.2, -0.15) is 13.2 Å². The normalized spacial score (nSPS) is 19.8. The van der Waals surface area contributed by atoms with Crippen LogP contribution in [-0.2, 0) is 10.4 Å². The number of carbonyl (C=O) groups excluding carboxylic acids is 1. The van der Waals surface area contributed by atoms with E-state index in [0.29, 0.717) is 5.56 Å². The van der Waals surface area contributed by atoms with Crippen molar-refractivity contribution in [2.24, 2.45) is 5.73 Å². The Kier molecular flexibility index (Phi) is 4.64. The Morgan fingerprint density at radius 3 is 2.15 bits per heavy atom. The van der Waals surface area contributed by atoms with E-state index in [4.69, 9.17) is 33.8 Å². The van der Waals surface area contributed by atoms with Crippen LogP contribution in [0.2, 0.25) is 10.0 Å². The third-order valence-electron chi connectivity index (χ3n) is 3.86. The summed E-state index contributed by atoms with van der Waals surface area (Å²) >= 11 is 11.7. The van der Waals surface area contributed by atoms with Crippen molar-refractivity contribution in [3.05, 3.63) is 75.3 Å². The zero-order chi connectivity index (χ0) is 19.1. The molecule has 0 aromatic heterocycles. The molecule has 1 atom stereocenters. The van der Waals surface area contributed by atoms with Gasteiger partial charge in [0.1, 0.15) is 0 Å². The predicted molar refractivity (Wildman–Crippen MR) is 91.4 cm³/mol. The molecule has 2 aromatic carbocycles. The number of hydrogen-bond acceptors (Lipinski definition) is 3. The minimum Gasteiger partial charge on any atom is -0.366 e. The molecule has 0 saturated carbocycles. The summed E-state index contributed by atoms with van der Waals surface area (Å²) in [6.07, 6.45) is -3.89. The smallest absolute Gasteiger partial charge is 0.366 e. The van der Waals surface area contributed by atoms with Gasteiger partial charge in [-0.3, -0.25) is 15.1 Å². The van der Waals surface area contributed by atoms with E-state index in [-0.39, 0.29) is 26.9 Å². The Bertz CT molecular complexity index is 878. The van der Waals surface area contributed by atoms with Crippen molar-refractivity contribution in [1.29, 1.82) is 0 Å². The van der Waals surface area contributed by atoms with Crippen molar-refractivity contribution < 1.29 is 22.8 Å². The number of benzene rings is 2. The lowest BCUT2D eigenvalue weighted by molar-refractivity contribution is -0.269. The fourth-order valence-corrected chi connectivity index (χ4v) is 3.09. The molecule has 3 N–H and O–H groups in total. The van der Waals surface area contributed by atoms with E-state index < -0.39 is 17.7 Å². The number of amides is 1. The van der Waals surface area contributed by atoms with E-state index in [2.05, 4.69) is 5.48 Å². The number of carbonyl (C=O) groups is 1. The number of nitrogens with one attached hydrogen (secondary N) is 1. The highest BCUT2D eigenvalue weighted by Gasteiger charge is 2.59. The second-order valence-corrected chi connectivity index (χ2v) is 6.47. The number of nitrogens with two attached hydrogens (primary N) is 1. The lowest BCUT2D eigenvalue weighted by atomic mass is 9.91. The molecule has 2 aromatic rings. The lowest BCUT2D eigenvalue weighted by Crippen LogP contribution is -2.42. The Morgan fingerprint density at radius 1 is 1.08 bits per heavy atom. The van der Waals surface area contributed by atoms with Gasteiger partial charge < -0.3 is 5.73 Å². The molecule has 4 nitrogen and oxygen atoms in total. The van der Waals surface area contributed by atoms with Crippen molar-refractivity contribution in [1.82, 2.24) is 5.48 Å². The van der Waals surface area contributed by atoms with Crippen LogP contribution in [0.4, 0.5) is 13.2 Å². The highest BCUT2D eigenvalue weighted by molar-refractivity contribution is 6.34. The zero-order valence-electron chi connectivity index (χ0n) is 12.9. The lowest BCUT2D eigenvalue weighted by Gasteiger charge is -2.28.